The minimum atomic E-state index is -0.255. The number of halogens is 1. The molecule has 4 rings (SSSR count). The molecular formula is C20H19ClN4OS2. The summed E-state index contributed by atoms with van der Waals surface area (Å²) in [6.07, 6.45) is 1.62. The third-order valence-corrected chi connectivity index (χ3v) is 6.13. The van der Waals surface area contributed by atoms with Gasteiger partial charge < -0.3 is 15.2 Å². The van der Waals surface area contributed by atoms with Gasteiger partial charge in [-0.1, -0.05) is 29.8 Å². The lowest BCUT2D eigenvalue weighted by Crippen LogP contribution is -2.32. The van der Waals surface area contributed by atoms with E-state index in [1.807, 2.05) is 54.2 Å². The summed E-state index contributed by atoms with van der Waals surface area (Å²) < 4.78 is 2.18. The van der Waals surface area contributed by atoms with Gasteiger partial charge in [-0.2, -0.15) is 11.8 Å². The zero-order valence-corrected chi connectivity index (χ0v) is 17.4. The molecule has 1 fully saturated rings. The normalized spacial score (nSPS) is 14.1. The standard InChI is InChI=1S/C20H19ClN4OS2/c21-16-12-14(6-7-17(16)24-8-10-28-11-9-24)23-19(26)18-13-22-20(27)25(18)15-4-2-1-3-5-15/h1-7,12-13H,8-11H2,(H,22,27)(H,23,26). The Morgan fingerprint density at radius 2 is 1.89 bits per heavy atom. The first-order chi connectivity index (χ1) is 13.6. The first-order valence-corrected chi connectivity index (χ1v) is 10.9. The van der Waals surface area contributed by atoms with Crippen molar-refractivity contribution in [3.05, 3.63) is 70.2 Å². The Labute approximate surface area is 177 Å². The first kappa shape index (κ1) is 19.1. The van der Waals surface area contributed by atoms with Gasteiger partial charge in [0.05, 0.1) is 10.7 Å². The van der Waals surface area contributed by atoms with Crippen LogP contribution >= 0.6 is 35.6 Å². The van der Waals surface area contributed by atoms with Crippen LogP contribution in [0.15, 0.2) is 54.7 Å². The van der Waals surface area contributed by atoms with Crippen molar-refractivity contribution < 1.29 is 4.79 Å². The monoisotopic (exact) mass is 430 g/mol. The molecule has 0 radical (unpaired) electrons. The predicted octanol–water partition coefficient (Wildman–Crippen LogP) is 4.99. The minimum absolute atomic E-state index is 0.255. The summed E-state index contributed by atoms with van der Waals surface area (Å²) in [6.45, 7) is 1.97. The highest BCUT2D eigenvalue weighted by atomic mass is 35.5. The number of para-hydroxylation sites is 1. The molecule has 8 heteroatoms. The number of imidazole rings is 1. The van der Waals surface area contributed by atoms with Gasteiger partial charge in [0.2, 0.25) is 0 Å². The molecule has 28 heavy (non-hydrogen) atoms. The number of aromatic nitrogens is 2. The maximum absolute atomic E-state index is 12.9. The number of aromatic amines is 1. The van der Waals surface area contributed by atoms with E-state index < -0.39 is 0 Å². The molecule has 1 aliphatic heterocycles. The number of H-pyrrole nitrogens is 1. The SMILES string of the molecule is O=C(Nc1ccc(N2CCSCC2)c(Cl)c1)c1c[nH]c(=S)n1-c1ccccc1. The fraction of sp³-hybridized carbons (Fsp3) is 0.200. The van der Waals surface area contributed by atoms with Gasteiger partial charge in [-0.05, 0) is 42.5 Å². The Morgan fingerprint density at radius 3 is 2.61 bits per heavy atom. The zero-order chi connectivity index (χ0) is 19.5. The van der Waals surface area contributed by atoms with Crippen LogP contribution in [0.4, 0.5) is 11.4 Å². The number of anilines is 2. The van der Waals surface area contributed by atoms with Crippen LogP contribution in [0.2, 0.25) is 5.02 Å². The Balaban J connectivity index is 1.56. The molecule has 1 aliphatic rings. The number of nitrogens with one attached hydrogen (secondary N) is 2. The lowest BCUT2D eigenvalue weighted by Gasteiger charge is -2.29. The molecule has 0 spiro atoms. The van der Waals surface area contributed by atoms with Crippen molar-refractivity contribution in [1.29, 1.82) is 0 Å². The van der Waals surface area contributed by atoms with Crippen LogP contribution in [0.5, 0.6) is 0 Å². The van der Waals surface area contributed by atoms with Gasteiger partial charge in [-0.3, -0.25) is 9.36 Å². The first-order valence-electron chi connectivity index (χ1n) is 8.93. The second kappa shape index (κ2) is 8.43. The lowest BCUT2D eigenvalue weighted by atomic mass is 10.2. The zero-order valence-electron chi connectivity index (χ0n) is 15.0. The summed E-state index contributed by atoms with van der Waals surface area (Å²) in [6, 6.07) is 15.2. The van der Waals surface area contributed by atoms with Gasteiger partial charge in [0.25, 0.3) is 5.91 Å². The number of carbonyl (C=O) groups is 1. The van der Waals surface area contributed by atoms with Crippen LogP contribution in [0.25, 0.3) is 5.69 Å². The van der Waals surface area contributed by atoms with Crippen LogP contribution in [-0.4, -0.2) is 40.1 Å². The van der Waals surface area contributed by atoms with Crippen molar-refractivity contribution in [3.63, 3.8) is 0 Å². The smallest absolute Gasteiger partial charge is 0.274 e. The molecule has 2 heterocycles. The third-order valence-electron chi connectivity index (χ3n) is 4.58. The maximum Gasteiger partial charge on any atom is 0.274 e. The van der Waals surface area contributed by atoms with Gasteiger partial charge >= 0.3 is 0 Å². The molecular weight excluding hydrogens is 412 g/mol. The number of carbonyl (C=O) groups excluding carboxylic acids is 1. The molecule has 0 unspecified atom stereocenters. The number of rotatable bonds is 4. The molecule has 1 amide bonds. The fourth-order valence-corrected chi connectivity index (χ4v) is 4.68. The topological polar surface area (TPSA) is 53.1 Å². The summed E-state index contributed by atoms with van der Waals surface area (Å²) in [7, 11) is 0. The summed E-state index contributed by atoms with van der Waals surface area (Å²) in [5.41, 5.74) is 2.92. The number of thioether (sulfide) groups is 1. The molecule has 1 aromatic heterocycles. The number of benzene rings is 2. The van der Waals surface area contributed by atoms with Crippen molar-refractivity contribution in [2.45, 2.75) is 0 Å². The van der Waals surface area contributed by atoms with E-state index in [-0.39, 0.29) is 5.91 Å². The largest absolute Gasteiger partial charge is 0.369 e. The molecule has 144 valence electrons. The van der Waals surface area contributed by atoms with E-state index in [0.717, 1.165) is 36.0 Å². The van der Waals surface area contributed by atoms with E-state index in [9.17, 15) is 4.79 Å². The average Bonchev–Trinajstić information content (AvgIpc) is 3.11. The quantitative estimate of drug-likeness (QED) is 0.572. The van der Waals surface area contributed by atoms with Crippen molar-refractivity contribution in [3.8, 4) is 5.69 Å². The van der Waals surface area contributed by atoms with Gasteiger partial charge in [0, 0.05) is 42.2 Å². The molecule has 2 N–H and O–H groups in total. The molecule has 1 saturated heterocycles. The predicted molar refractivity (Wildman–Crippen MR) is 120 cm³/mol. The Bertz CT molecular complexity index is 1040. The van der Waals surface area contributed by atoms with E-state index in [1.54, 1.807) is 16.8 Å². The molecule has 0 atom stereocenters. The lowest BCUT2D eigenvalue weighted by molar-refractivity contribution is 0.102. The van der Waals surface area contributed by atoms with E-state index >= 15 is 0 Å². The highest BCUT2D eigenvalue weighted by Crippen LogP contribution is 2.30. The summed E-state index contributed by atoms with van der Waals surface area (Å²) >= 11 is 13.8. The minimum Gasteiger partial charge on any atom is -0.369 e. The van der Waals surface area contributed by atoms with E-state index in [4.69, 9.17) is 23.8 Å². The van der Waals surface area contributed by atoms with Crippen molar-refractivity contribution in [2.24, 2.45) is 0 Å². The molecule has 2 aromatic carbocycles. The van der Waals surface area contributed by atoms with Crippen LogP contribution in [0.3, 0.4) is 0 Å². The highest BCUT2D eigenvalue weighted by Gasteiger charge is 2.17. The van der Waals surface area contributed by atoms with Gasteiger partial charge in [-0.15, -0.1) is 0 Å². The summed E-state index contributed by atoms with van der Waals surface area (Å²) in [4.78, 5) is 18.1. The number of amides is 1. The second-order valence-electron chi connectivity index (χ2n) is 6.37. The van der Waals surface area contributed by atoms with Gasteiger partial charge in [-0.25, -0.2) is 0 Å². The van der Waals surface area contributed by atoms with Crippen molar-refractivity contribution >= 4 is 52.9 Å². The van der Waals surface area contributed by atoms with E-state index in [1.165, 1.54) is 0 Å². The van der Waals surface area contributed by atoms with Gasteiger partial charge in [0.1, 0.15) is 5.69 Å². The van der Waals surface area contributed by atoms with Crippen molar-refractivity contribution in [1.82, 2.24) is 9.55 Å². The van der Waals surface area contributed by atoms with Gasteiger partial charge in [0.15, 0.2) is 4.77 Å². The second-order valence-corrected chi connectivity index (χ2v) is 8.39. The van der Waals surface area contributed by atoms with E-state index in [0.29, 0.717) is 21.2 Å². The average molecular weight is 431 g/mol. The summed E-state index contributed by atoms with van der Waals surface area (Å²) in [5, 5.41) is 3.56. The Morgan fingerprint density at radius 1 is 1.14 bits per heavy atom. The van der Waals surface area contributed by atoms with Crippen LogP contribution in [0, 0.1) is 4.77 Å². The Kier molecular flexibility index (Phi) is 5.75. The third kappa shape index (κ3) is 3.97. The Hall–Kier alpha value is -2.22. The fourth-order valence-electron chi connectivity index (χ4n) is 3.21. The van der Waals surface area contributed by atoms with Crippen LogP contribution < -0.4 is 10.2 Å². The summed E-state index contributed by atoms with van der Waals surface area (Å²) in [5.74, 6) is 1.95. The highest BCUT2D eigenvalue weighted by molar-refractivity contribution is 7.99. The van der Waals surface area contributed by atoms with Crippen LogP contribution in [0.1, 0.15) is 10.5 Å². The van der Waals surface area contributed by atoms with Crippen LogP contribution in [-0.2, 0) is 0 Å². The molecule has 5 nitrogen and oxygen atoms in total. The maximum atomic E-state index is 12.9. The molecule has 0 bridgehead atoms. The van der Waals surface area contributed by atoms with Crippen molar-refractivity contribution in [2.75, 3.05) is 34.8 Å². The molecule has 0 saturated carbocycles. The number of nitrogens with zero attached hydrogens (tertiary/aromatic N) is 2. The number of hydrogen-bond donors (Lipinski definition) is 2. The molecule has 3 aromatic rings. The molecule has 0 aliphatic carbocycles. The number of hydrogen-bond acceptors (Lipinski definition) is 4. The van der Waals surface area contributed by atoms with E-state index in [2.05, 4.69) is 15.2 Å².